The zero-order valence-electron chi connectivity index (χ0n) is 8.72. The molecule has 0 amide bonds. The van der Waals surface area contributed by atoms with Crippen LogP contribution in [0, 0.1) is 6.92 Å². The number of hydrogen-bond acceptors (Lipinski definition) is 3. The molecule has 0 atom stereocenters. The molecule has 2 aromatic rings. The van der Waals surface area contributed by atoms with E-state index in [2.05, 4.69) is 25.9 Å². The Morgan fingerprint density at radius 1 is 1.31 bits per heavy atom. The van der Waals surface area contributed by atoms with E-state index in [1.807, 2.05) is 19.1 Å². The van der Waals surface area contributed by atoms with Gasteiger partial charge in [0.15, 0.2) is 0 Å². The molecule has 0 radical (unpaired) electrons. The van der Waals surface area contributed by atoms with Crippen molar-refractivity contribution in [3.63, 3.8) is 0 Å². The van der Waals surface area contributed by atoms with Crippen molar-refractivity contribution in [1.82, 2.24) is 14.5 Å². The van der Waals surface area contributed by atoms with Crippen LogP contribution in [0.15, 0.2) is 40.0 Å². The molecule has 0 fully saturated rings. The maximum atomic E-state index is 11.5. The zero-order valence-corrected chi connectivity index (χ0v) is 10.3. The summed E-state index contributed by atoms with van der Waals surface area (Å²) >= 11 is 3.31. The molecule has 2 aromatic heterocycles. The summed E-state index contributed by atoms with van der Waals surface area (Å²) in [4.78, 5) is 19.4. The largest absolute Gasteiger partial charge is 0.347 e. The Bertz CT molecular complexity index is 548. The van der Waals surface area contributed by atoms with Gasteiger partial charge in [-0.2, -0.15) is 0 Å². The molecule has 0 spiro atoms. The number of hydrogen-bond donors (Lipinski definition) is 0. The van der Waals surface area contributed by atoms with Gasteiger partial charge in [-0.15, -0.1) is 0 Å². The Morgan fingerprint density at radius 2 is 2.12 bits per heavy atom. The van der Waals surface area contributed by atoms with E-state index >= 15 is 0 Å². The normalized spacial score (nSPS) is 10.4. The van der Waals surface area contributed by atoms with Crippen LogP contribution in [0.3, 0.4) is 0 Å². The molecule has 0 aliphatic carbocycles. The Hall–Kier alpha value is -1.49. The molecule has 0 bridgehead atoms. The smallest absolute Gasteiger partial charge is 0.293 e. The van der Waals surface area contributed by atoms with Crippen molar-refractivity contribution >= 4 is 15.9 Å². The van der Waals surface area contributed by atoms with E-state index in [4.69, 9.17) is 0 Å². The molecule has 2 rings (SSSR count). The first kappa shape index (κ1) is 11.0. The van der Waals surface area contributed by atoms with Crippen LogP contribution in [0.4, 0.5) is 0 Å². The summed E-state index contributed by atoms with van der Waals surface area (Å²) in [6.07, 6.45) is 5.05. The standard InChI is InChI=1S/C11H10BrN3O/c1-8-4-14-11(16)15(6-8)7-10-3-2-9(12)5-13-10/h2-6H,7H2,1H3. The molecule has 16 heavy (non-hydrogen) atoms. The fourth-order valence-corrected chi connectivity index (χ4v) is 1.59. The van der Waals surface area contributed by atoms with Gasteiger partial charge in [0.2, 0.25) is 0 Å². The molecule has 0 aliphatic rings. The quantitative estimate of drug-likeness (QED) is 0.842. The minimum Gasteiger partial charge on any atom is -0.293 e. The van der Waals surface area contributed by atoms with Crippen molar-refractivity contribution in [3.05, 3.63) is 56.9 Å². The van der Waals surface area contributed by atoms with E-state index in [0.717, 1.165) is 15.7 Å². The van der Waals surface area contributed by atoms with Crippen LogP contribution in [0.1, 0.15) is 11.3 Å². The second-order valence-corrected chi connectivity index (χ2v) is 4.43. The average Bonchev–Trinajstić information content (AvgIpc) is 2.27. The monoisotopic (exact) mass is 279 g/mol. The molecule has 0 saturated carbocycles. The van der Waals surface area contributed by atoms with Crippen LogP contribution in [0.25, 0.3) is 0 Å². The lowest BCUT2D eigenvalue weighted by Gasteiger charge is -2.04. The molecule has 0 aliphatic heterocycles. The topological polar surface area (TPSA) is 47.8 Å². The van der Waals surface area contributed by atoms with Crippen LogP contribution in [-0.2, 0) is 6.54 Å². The molecule has 2 heterocycles. The summed E-state index contributed by atoms with van der Waals surface area (Å²) in [7, 11) is 0. The number of rotatable bonds is 2. The Morgan fingerprint density at radius 3 is 2.81 bits per heavy atom. The molecule has 5 heteroatoms. The lowest BCUT2D eigenvalue weighted by molar-refractivity contribution is 0.705. The van der Waals surface area contributed by atoms with E-state index in [1.165, 1.54) is 0 Å². The number of halogens is 1. The highest BCUT2D eigenvalue weighted by Gasteiger charge is 2.00. The van der Waals surface area contributed by atoms with Crippen molar-refractivity contribution in [2.45, 2.75) is 13.5 Å². The average molecular weight is 280 g/mol. The number of aromatic nitrogens is 3. The highest BCUT2D eigenvalue weighted by atomic mass is 79.9. The van der Waals surface area contributed by atoms with Gasteiger partial charge in [0.1, 0.15) is 0 Å². The summed E-state index contributed by atoms with van der Waals surface area (Å²) < 4.78 is 2.47. The maximum Gasteiger partial charge on any atom is 0.347 e. The van der Waals surface area contributed by atoms with Gasteiger partial charge in [-0.05, 0) is 40.5 Å². The van der Waals surface area contributed by atoms with E-state index in [0.29, 0.717) is 6.54 Å². The van der Waals surface area contributed by atoms with Crippen molar-refractivity contribution in [2.24, 2.45) is 0 Å². The molecule has 0 aromatic carbocycles. The number of nitrogens with zero attached hydrogens (tertiary/aromatic N) is 3. The second kappa shape index (κ2) is 4.57. The molecule has 4 nitrogen and oxygen atoms in total. The highest BCUT2D eigenvalue weighted by Crippen LogP contribution is 2.07. The highest BCUT2D eigenvalue weighted by molar-refractivity contribution is 9.10. The third-order valence-corrected chi connectivity index (χ3v) is 2.57. The summed E-state index contributed by atoms with van der Waals surface area (Å²) in [5.74, 6) is 0. The van der Waals surface area contributed by atoms with E-state index in [9.17, 15) is 4.79 Å². The molecule has 82 valence electrons. The van der Waals surface area contributed by atoms with Gasteiger partial charge in [-0.25, -0.2) is 9.78 Å². The van der Waals surface area contributed by atoms with Crippen molar-refractivity contribution in [2.75, 3.05) is 0 Å². The predicted octanol–water partition coefficient (Wildman–Crippen LogP) is 1.76. The lowest BCUT2D eigenvalue weighted by Crippen LogP contribution is -2.23. The SMILES string of the molecule is Cc1cnc(=O)n(Cc2ccc(Br)cn2)c1. The fourth-order valence-electron chi connectivity index (χ4n) is 1.35. The predicted molar refractivity (Wildman–Crippen MR) is 64.3 cm³/mol. The fraction of sp³-hybridized carbons (Fsp3) is 0.182. The Balaban J connectivity index is 2.30. The molecule has 0 saturated heterocycles. The Kier molecular flexibility index (Phi) is 3.14. The number of pyridine rings is 1. The molecule has 0 N–H and O–H groups in total. The van der Waals surface area contributed by atoms with Crippen molar-refractivity contribution in [3.8, 4) is 0 Å². The zero-order chi connectivity index (χ0) is 11.5. The summed E-state index contributed by atoms with van der Waals surface area (Å²) in [6.45, 7) is 2.35. The minimum atomic E-state index is -0.254. The van der Waals surface area contributed by atoms with Gasteiger partial charge in [-0.3, -0.25) is 9.55 Å². The number of aryl methyl sites for hydroxylation is 1. The lowest BCUT2D eigenvalue weighted by atomic mass is 10.3. The first-order valence-electron chi connectivity index (χ1n) is 4.79. The third kappa shape index (κ3) is 2.55. The van der Waals surface area contributed by atoms with Crippen LogP contribution >= 0.6 is 15.9 Å². The van der Waals surface area contributed by atoms with Gasteiger partial charge in [0, 0.05) is 23.1 Å². The van der Waals surface area contributed by atoms with Gasteiger partial charge in [0.05, 0.1) is 12.2 Å². The molecular formula is C11H10BrN3O. The minimum absolute atomic E-state index is 0.254. The summed E-state index contributed by atoms with van der Waals surface area (Å²) in [5, 5.41) is 0. The first-order chi connectivity index (χ1) is 7.65. The van der Waals surface area contributed by atoms with E-state index in [1.54, 1.807) is 23.2 Å². The van der Waals surface area contributed by atoms with E-state index < -0.39 is 0 Å². The molecule has 0 unspecified atom stereocenters. The van der Waals surface area contributed by atoms with Gasteiger partial charge in [-0.1, -0.05) is 0 Å². The van der Waals surface area contributed by atoms with Crippen molar-refractivity contribution < 1.29 is 0 Å². The maximum absolute atomic E-state index is 11.5. The van der Waals surface area contributed by atoms with E-state index in [-0.39, 0.29) is 5.69 Å². The van der Waals surface area contributed by atoms with Crippen LogP contribution in [0.5, 0.6) is 0 Å². The van der Waals surface area contributed by atoms with Gasteiger partial charge >= 0.3 is 5.69 Å². The second-order valence-electron chi connectivity index (χ2n) is 3.51. The Labute approximate surface area is 101 Å². The van der Waals surface area contributed by atoms with Gasteiger partial charge < -0.3 is 0 Å². The van der Waals surface area contributed by atoms with Crippen LogP contribution in [-0.4, -0.2) is 14.5 Å². The summed E-state index contributed by atoms with van der Waals surface area (Å²) in [6, 6.07) is 3.77. The van der Waals surface area contributed by atoms with Gasteiger partial charge in [0.25, 0.3) is 0 Å². The summed E-state index contributed by atoms with van der Waals surface area (Å²) in [5.41, 5.74) is 1.53. The third-order valence-electron chi connectivity index (χ3n) is 2.10. The molecular weight excluding hydrogens is 270 g/mol. The van der Waals surface area contributed by atoms with Crippen LogP contribution < -0.4 is 5.69 Å². The van der Waals surface area contributed by atoms with Crippen LogP contribution in [0.2, 0.25) is 0 Å². The first-order valence-corrected chi connectivity index (χ1v) is 5.58. The van der Waals surface area contributed by atoms with Crippen molar-refractivity contribution in [1.29, 1.82) is 0 Å².